The van der Waals surface area contributed by atoms with E-state index in [-0.39, 0.29) is 11.9 Å². The quantitative estimate of drug-likeness (QED) is 0.809. The summed E-state index contributed by atoms with van der Waals surface area (Å²) in [7, 11) is 0. The van der Waals surface area contributed by atoms with Gasteiger partial charge in [-0.25, -0.2) is 0 Å². The third kappa shape index (κ3) is 3.05. The third-order valence-electron chi connectivity index (χ3n) is 2.89. The summed E-state index contributed by atoms with van der Waals surface area (Å²) >= 11 is 0. The van der Waals surface area contributed by atoms with Crippen molar-refractivity contribution in [3.8, 4) is 0 Å². The van der Waals surface area contributed by atoms with Crippen molar-refractivity contribution in [2.24, 2.45) is 0 Å². The van der Waals surface area contributed by atoms with Crippen LogP contribution in [0.3, 0.4) is 0 Å². The predicted molar refractivity (Wildman–Crippen MR) is 67.2 cm³/mol. The van der Waals surface area contributed by atoms with Crippen molar-refractivity contribution in [1.29, 1.82) is 0 Å². The minimum absolute atomic E-state index is 0.0293. The summed E-state index contributed by atoms with van der Waals surface area (Å²) in [6.07, 6.45) is 0. The van der Waals surface area contributed by atoms with Crippen molar-refractivity contribution < 1.29 is 9.53 Å². The molecule has 1 heterocycles. The predicted octanol–water partition coefficient (Wildman–Crippen LogP) is 1.23. The molecule has 1 unspecified atom stereocenters. The number of carbonyl (C=O) groups is 1. The van der Waals surface area contributed by atoms with Gasteiger partial charge in [-0.15, -0.1) is 0 Å². The monoisotopic (exact) mass is 234 g/mol. The van der Waals surface area contributed by atoms with Crippen molar-refractivity contribution in [3.05, 3.63) is 29.3 Å². The number of anilines is 1. The number of benzene rings is 1. The standard InChI is InChI=1S/C13H18N2O2/c1-9-3-4-10(2)11(7-9)15-13(16)12-8-17-6-5-14-12/h3-4,7,12,14H,5-6,8H2,1-2H3,(H,15,16). The van der Waals surface area contributed by atoms with Gasteiger partial charge in [0.15, 0.2) is 0 Å². The Hall–Kier alpha value is -1.39. The average molecular weight is 234 g/mol. The second kappa shape index (κ2) is 5.29. The lowest BCUT2D eigenvalue weighted by atomic mass is 10.1. The zero-order valence-electron chi connectivity index (χ0n) is 10.2. The van der Waals surface area contributed by atoms with E-state index in [4.69, 9.17) is 4.74 Å². The summed E-state index contributed by atoms with van der Waals surface area (Å²) in [5, 5.41) is 6.08. The number of hydrogen-bond donors (Lipinski definition) is 2. The van der Waals surface area contributed by atoms with E-state index >= 15 is 0 Å². The summed E-state index contributed by atoms with van der Waals surface area (Å²) in [5.74, 6) is -0.0293. The molecule has 92 valence electrons. The number of morpholine rings is 1. The molecule has 1 aliphatic rings. The molecular formula is C13H18N2O2. The topological polar surface area (TPSA) is 50.4 Å². The Morgan fingerprint density at radius 2 is 2.29 bits per heavy atom. The number of carbonyl (C=O) groups excluding carboxylic acids is 1. The minimum atomic E-state index is -0.247. The Balaban J connectivity index is 2.04. The molecule has 2 rings (SSSR count). The molecule has 1 amide bonds. The number of rotatable bonds is 2. The maximum absolute atomic E-state index is 12.0. The van der Waals surface area contributed by atoms with E-state index in [1.165, 1.54) is 0 Å². The van der Waals surface area contributed by atoms with E-state index in [1.54, 1.807) is 0 Å². The molecule has 1 aromatic carbocycles. The molecule has 2 N–H and O–H groups in total. The lowest BCUT2D eigenvalue weighted by Gasteiger charge is -2.23. The van der Waals surface area contributed by atoms with Crippen LogP contribution < -0.4 is 10.6 Å². The zero-order chi connectivity index (χ0) is 12.3. The van der Waals surface area contributed by atoms with Gasteiger partial charge in [0.1, 0.15) is 6.04 Å². The largest absolute Gasteiger partial charge is 0.378 e. The first-order valence-electron chi connectivity index (χ1n) is 5.86. The highest BCUT2D eigenvalue weighted by Crippen LogP contribution is 2.16. The molecule has 0 spiro atoms. The number of hydrogen-bond acceptors (Lipinski definition) is 3. The lowest BCUT2D eigenvalue weighted by molar-refractivity contribution is -0.120. The molecular weight excluding hydrogens is 216 g/mol. The molecule has 4 nitrogen and oxygen atoms in total. The van der Waals surface area contributed by atoms with Crippen LogP contribution in [-0.2, 0) is 9.53 Å². The average Bonchev–Trinajstić information content (AvgIpc) is 2.35. The molecule has 4 heteroatoms. The van der Waals surface area contributed by atoms with Crippen LogP contribution in [0.5, 0.6) is 0 Å². The van der Waals surface area contributed by atoms with E-state index in [2.05, 4.69) is 10.6 Å². The van der Waals surface area contributed by atoms with Crippen LogP contribution in [0.4, 0.5) is 5.69 Å². The summed E-state index contributed by atoms with van der Waals surface area (Å²) < 4.78 is 5.27. The maximum Gasteiger partial charge on any atom is 0.243 e. The SMILES string of the molecule is Cc1ccc(C)c(NC(=O)C2COCCN2)c1. The van der Waals surface area contributed by atoms with E-state index in [9.17, 15) is 4.79 Å². The van der Waals surface area contributed by atoms with Gasteiger partial charge in [-0.05, 0) is 31.0 Å². The highest BCUT2D eigenvalue weighted by molar-refractivity contribution is 5.95. The van der Waals surface area contributed by atoms with Gasteiger partial charge in [0.25, 0.3) is 0 Å². The molecule has 1 aliphatic heterocycles. The highest BCUT2D eigenvalue weighted by atomic mass is 16.5. The van der Waals surface area contributed by atoms with Crippen molar-refractivity contribution in [1.82, 2.24) is 5.32 Å². The number of ether oxygens (including phenoxy) is 1. The second-order valence-corrected chi connectivity index (χ2v) is 4.39. The smallest absolute Gasteiger partial charge is 0.243 e. The van der Waals surface area contributed by atoms with Crippen LogP contribution in [-0.4, -0.2) is 31.7 Å². The molecule has 0 radical (unpaired) electrons. The molecule has 1 atom stereocenters. The van der Waals surface area contributed by atoms with Crippen molar-refractivity contribution >= 4 is 11.6 Å². The van der Waals surface area contributed by atoms with Gasteiger partial charge in [-0.1, -0.05) is 12.1 Å². The number of amides is 1. The first-order chi connectivity index (χ1) is 8.16. The first-order valence-corrected chi connectivity index (χ1v) is 5.86. The molecule has 17 heavy (non-hydrogen) atoms. The summed E-state index contributed by atoms with van der Waals surface area (Å²) in [4.78, 5) is 12.0. The van der Waals surface area contributed by atoms with Crippen LogP contribution in [0.25, 0.3) is 0 Å². The minimum Gasteiger partial charge on any atom is -0.378 e. The van der Waals surface area contributed by atoms with Crippen LogP contribution in [0.15, 0.2) is 18.2 Å². The molecule has 0 bridgehead atoms. The zero-order valence-corrected chi connectivity index (χ0v) is 10.2. The molecule has 1 aromatic rings. The van der Waals surface area contributed by atoms with E-state index < -0.39 is 0 Å². The van der Waals surface area contributed by atoms with Crippen LogP contribution in [0.2, 0.25) is 0 Å². The fourth-order valence-corrected chi connectivity index (χ4v) is 1.82. The summed E-state index contributed by atoms with van der Waals surface area (Å²) in [6, 6.07) is 5.78. The van der Waals surface area contributed by atoms with Gasteiger partial charge in [0, 0.05) is 12.2 Å². The Bertz CT molecular complexity index is 412. The van der Waals surface area contributed by atoms with Crippen LogP contribution >= 0.6 is 0 Å². The molecule has 0 saturated carbocycles. The normalized spacial score (nSPS) is 20.0. The van der Waals surface area contributed by atoms with E-state index in [0.717, 1.165) is 23.4 Å². The van der Waals surface area contributed by atoms with E-state index in [0.29, 0.717) is 13.2 Å². The fraction of sp³-hybridized carbons (Fsp3) is 0.462. The molecule has 1 fully saturated rings. The first kappa shape index (κ1) is 12.1. The van der Waals surface area contributed by atoms with Crippen molar-refractivity contribution in [2.45, 2.75) is 19.9 Å². The van der Waals surface area contributed by atoms with Crippen LogP contribution in [0.1, 0.15) is 11.1 Å². The number of nitrogens with one attached hydrogen (secondary N) is 2. The van der Waals surface area contributed by atoms with E-state index in [1.807, 2.05) is 32.0 Å². The van der Waals surface area contributed by atoms with Gasteiger partial charge in [-0.3, -0.25) is 4.79 Å². The molecule has 0 aromatic heterocycles. The lowest BCUT2D eigenvalue weighted by Crippen LogP contribution is -2.48. The summed E-state index contributed by atoms with van der Waals surface area (Å²) in [5.41, 5.74) is 3.09. The Labute approximate surface area is 101 Å². The molecule has 0 aliphatic carbocycles. The second-order valence-electron chi connectivity index (χ2n) is 4.39. The Morgan fingerprint density at radius 1 is 1.47 bits per heavy atom. The van der Waals surface area contributed by atoms with Gasteiger partial charge in [0.05, 0.1) is 13.2 Å². The van der Waals surface area contributed by atoms with Crippen molar-refractivity contribution in [2.75, 3.05) is 25.1 Å². The fourth-order valence-electron chi connectivity index (χ4n) is 1.82. The van der Waals surface area contributed by atoms with Crippen LogP contribution in [0, 0.1) is 13.8 Å². The maximum atomic E-state index is 12.0. The molecule has 1 saturated heterocycles. The Kier molecular flexibility index (Phi) is 3.76. The van der Waals surface area contributed by atoms with Gasteiger partial charge < -0.3 is 15.4 Å². The highest BCUT2D eigenvalue weighted by Gasteiger charge is 2.21. The van der Waals surface area contributed by atoms with Crippen molar-refractivity contribution in [3.63, 3.8) is 0 Å². The third-order valence-corrected chi connectivity index (χ3v) is 2.89. The van der Waals surface area contributed by atoms with Gasteiger partial charge in [0.2, 0.25) is 5.91 Å². The van der Waals surface area contributed by atoms with Gasteiger partial charge in [-0.2, -0.15) is 0 Å². The Morgan fingerprint density at radius 3 is 3.00 bits per heavy atom. The number of aryl methyl sites for hydroxylation is 2. The summed E-state index contributed by atoms with van der Waals surface area (Å²) in [6.45, 7) is 5.84. The van der Waals surface area contributed by atoms with Gasteiger partial charge >= 0.3 is 0 Å².